The molecule has 132 valence electrons. The molecule has 0 amide bonds. The first-order valence-electron chi connectivity index (χ1n) is 9.07. The molecule has 1 aromatic heterocycles. The van der Waals surface area contributed by atoms with Crippen molar-refractivity contribution < 1.29 is 9.50 Å². The highest BCUT2D eigenvalue weighted by molar-refractivity contribution is 5.47. The summed E-state index contributed by atoms with van der Waals surface area (Å²) in [5.41, 5.74) is 0.657. The van der Waals surface area contributed by atoms with Crippen molar-refractivity contribution in [2.24, 2.45) is 11.8 Å². The van der Waals surface area contributed by atoms with Crippen molar-refractivity contribution in [1.29, 1.82) is 0 Å². The van der Waals surface area contributed by atoms with Crippen LogP contribution in [0.3, 0.4) is 0 Å². The van der Waals surface area contributed by atoms with E-state index >= 15 is 0 Å². The number of piperazine rings is 1. The number of pyridine rings is 1. The average molecular weight is 334 g/mol. The van der Waals surface area contributed by atoms with Gasteiger partial charge in [0, 0.05) is 51.5 Å². The van der Waals surface area contributed by atoms with Crippen LogP contribution < -0.4 is 4.90 Å². The number of hydrogen-bond acceptors (Lipinski definition) is 5. The van der Waals surface area contributed by atoms with Crippen LogP contribution in [-0.4, -0.2) is 78.4 Å². The first-order valence-corrected chi connectivity index (χ1v) is 9.07. The molecule has 6 heteroatoms. The van der Waals surface area contributed by atoms with Gasteiger partial charge in [0.25, 0.3) is 0 Å². The summed E-state index contributed by atoms with van der Waals surface area (Å²) in [6, 6.07) is 2.03. The van der Waals surface area contributed by atoms with Crippen molar-refractivity contribution in [3.63, 3.8) is 0 Å². The molecule has 3 heterocycles. The second-order valence-electron chi connectivity index (χ2n) is 7.70. The minimum absolute atomic E-state index is 0.243. The first-order chi connectivity index (χ1) is 11.6. The molecular formula is C18H27FN4O. The molecule has 1 aromatic rings. The quantitative estimate of drug-likeness (QED) is 0.876. The van der Waals surface area contributed by atoms with Gasteiger partial charge in [-0.1, -0.05) is 0 Å². The van der Waals surface area contributed by atoms with Crippen molar-refractivity contribution in [2.75, 3.05) is 51.2 Å². The minimum Gasteiger partial charge on any atom is -0.391 e. The maximum Gasteiger partial charge on any atom is 0.164 e. The van der Waals surface area contributed by atoms with Gasteiger partial charge in [0.15, 0.2) is 5.82 Å². The highest BCUT2D eigenvalue weighted by Crippen LogP contribution is 2.40. The third-order valence-electron chi connectivity index (χ3n) is 6.21. The van der Waals surface area contributed by atoms with Crippen molar-refractivity contribution >= 4 is 5.69 Å². The lowest BCUT2D eigenvalue weighted by Gasteiger charge is -2.44. The van der Waals surface area contributed by atoms with E-state index in [4.69, 9.17) is 0 Å². The molecular weight excluding hydrogens is 307 g/mol. The normalized spacial score (nSPS) is 35.2. The van der Waals surface area contributed by atoms with Crippen LogP contribution in [0.5, 0.6) is 0 Å². The third-order valence-corrected chi connectivity index (χ3v) is 6.21. The summed E-state index contributed by atoms with van der Waals surface area (Å²) in [6.45, 7) is 5.97. The second kappa shape index (κ2) is 6.58. The van der Waals surface area contributed by atoms with Gasteiger partial charge >= 0.3 is 0 Å². The maximum absolute atomic E-state index is 14.0. The van der Waals surface area contributed by atoms with E-state index in [1.54, 1.807) is 12.3 Å². The van der Waals surface area contributed by atoms with Crippen LogP contribution in [-0.2, 0) is 0 Å². The Kier molecular flexibility index (Phi) is 4.45. The van der Waals surface area contributed by atoms with Gasteiger partial charge in [-0.05, 0) is 37.8 Å². The standard InChI is InChI=1S/C18H27FN4O/c1-21-4-6-22(7-5-21)17-8-13-11-23(12-14(13)9-18(17)24)16-2-3-20-10-15(16)19/h2-3,10,13-14,17-18,24H,4-9,11-12H2,1H3/t13-,14+,17-,18-/m1/s1. The Labute approximate surface area is 143 Å². The zero-order valence-electron chi connectivity index (χ0n) is 14.3. The number of anilines is 1. The predicted octanol–water partition coefficient (Wildman–Crippen LogP) is 1.04. The molecule has 2 saturated heterocycles. The van der Waals surface area contributed by atoms with E-state index in [9.17, 15) is 9.50 Å². The molecule has 0 spiro atoms. The summed E-state index contributed by atoms with van der Waals surface area (Å²) in [4.78, 5) is 10.8. The van der Waals surface area contributed by atoms with Crippen molar-refractivity contribution in [2.45, 2.75) is 25.0 Å². The Hall–Kier alpha value is -1.24. The van der Waals surface area contributed by atoms with Gasteiger partial charge in [0.2, 0.25) is 0 Å². The number of likely N-dealkylation sites (N-methyl/N-ethyl adjacent to an activating group) is 1. The average Bonchev–Trinajstić information content (AvgIpc) is 2.98. The maximum atomic E-state index is 14.0. The Morgan fingerprint density at radius 2 is 1.83 bits per heavy atom. The first kappa shape index (κ1) is 16.2. The lowest BCUT2D eigenvalue weighted by Crippen LogP contribution is -2.55. The van der Waals surface area contributed by atoms with Gasteiger partial charge in [-0.25, -0.2) is 4.39 Å². The van der Waals surface area contributed by atoms with Gasteiger partial charge in [-0.15, -0.1) is 0 Å². The number of nitrogens with zero attached hydrogens (tertiary/aromatic N) is 4. The number of aliphatic hydroxyl groups excluding tert-OH is 1. The van der Waals surface area contributed by atoms with Crippen LogP contribution in [0.1, 0.15) is 12.8 Å². The highest BCUT2D eigenvalue weighted by Gasteiger charge is 2.44. The van der Waals surface area contributed by atoms with E-state index in [1.807, 2.05) is 0 Å². The molecule has 0 radical (unpaired) electrons. The summed E-state index contributed by atoms with van der Waals surface area (Å²) < 4.78 is 14.0. The number of rotatable bonds is 2. The fraction of sp³-hybridized carbons (Fsp3) is 0.722. The minimum atomic E-state index is -0.253. The van der Waals surface area contributed by atoms with Gasteiger partial charge in [0.05, 0.1) is 18.0 Å². The molecule has 4 atom stereocenters. The van der Waals surface area contributed by atoms with E-state index in [1.165, 1.54) is 6.20 Å². The molecule has 24 heavy (non-hydrogen) atoms. The Morgan fingerprint density at radius 3 is 2.54 bits per heavy atom. The molecule has 5 nitrogen and oxygen atoms in total. The number of hydrogen-bond donors (Lipinski definition) is 1. The lowest BCUT2D eigenvalue weighted by molar-refractivity contribution is -0.0249. The third kappa shape index (κ3) is 3.03. The van der Waals surface area contributed by atoms with Gasteiger partial charge < -0.3 is 14.9 Å². The molecule has 1 aliphatic carbocycles. The van der Waals surface area contributed by atoms with Crippen LogP contribution in [0, 0.1) is 17.7 Å². The van der Waals surface area contributed by atoms with E-state index in [0.29, 0.717) is 17.5 Å². The fourth-order valence-corrected chi connectivity index (χ4v) is 4.77. The van der Waals surface area contributed by atoms with Crippen LogP contribution in [0.4, 0.5) is 10.1 Å². The number of fused-ring (bicyclic) bond motifs is 1. The van der Waals surface area contributed by atoms with Crippen molar-refractivity contribution in [3.05, 3.63) is 24.3 Å². The molecule has 3 fully saturated rings. The van der Waals surface area contributed by atoms with E-state index in [2.05, 4.69) is 26.7 Å². The van der Waals surface area contributed by atoms with Crippen LogP contribution in [0.15, 0.2) is 18.5 Å². The van der Waals surface area contributed by atoms with Crippen molar-refractivity contribution in [1.82, 2.24) is 14.8 Å². The van der Waals surface area contributed by atoms with E-state index < -0.39 is 0 Å². The molecule has 2 aliphatic heterocycles. The predicted molar refractivity (Wildman–Crippen MR) is 91.5 cm³/mol. The van der Waals surface area contributed by atoms with Gasteiger partial charge in [0.1, 0.15) is 0 Å². The van der Waals surface area contributed by atoms with Crippen LogP contribution >= 0.6 is 0 Å². The van der Waals surface area contributed by atoms with Gasteiger partial charge in [-0.2, -0.15) is 0 Å². The summed E-state index contributed by atoms with van der Waals surface area (Å²) in [5.74, 6) is 0.772. The number of aromatic nitrogens is 1. The van der Waals surface area contributed by atoms with Crippen LogP contribution in [0.25, 0.3) is 0 Å². The second-order valence-corrected chi connectivity index (χ2v) is 7.70. The SMILES string of the molecule is CN1CCN([C@@H]2C[C@@H]3CN(c4ccncc4F)C[C@@H]3C[C@H]2O)CC1. The molecule has 1 N–H and O–H groups in total. The van der Waals surface area contributed by atoms with Crippen molar-refractivity contribution in [3.8, 4) is 0 Å². The highest BCUT2D eigenvalue weighted by atomic mass is 19.1. The smallest absolute Gasteiger partial charge is 0.164 e. The molecule has 4 rings (SSSR count). The van der Waals surface area contributed by atoms with Gasteiger partial charge in [-0.3, -0.25) is 9.88 Å². The fourth-order valence-electron chi connectivity index (χ4n) is 4.77. The van der Waals surface area contributed by atoms with E-state index in [0.717, 1.165) is 52.1 Å². The Balaban J connectivity index is 1.44. The molecule has 1 saturated carbocycles. The largest absolute Gasteiger partial charge is 0.391 e. The number of halogens is 1. The Morgan fingerprint density at radius 1 is 1.12 bits per heavy atom. The molecule has 0 aromatic carbocycles. The Bertz CT molecular complexity index is 578. The summed E-state index contributed by atoms with van der Waals surface area (Å²) in [6.07, 6.45) is 4.56. The topological polar surface area (TPSA) is 42.8 Å². The summed E-state index contributed by atoms with van der Waals surface area (Å²) >= 11 is 0. The lowest BCUT2D eigenvalue weighted by atomic mass is 9.77. The van der Waals surface area contributed by atoms with E-state index in [-0.39, 0.29) is 18.0 Å². The summed E-state index contributed by atoms with van der Waals surface area (Å²) in [5, 5.41) is 10.7. The molecule has 3 aliphatic rings. The van der Waals surface area contributed by atoms with Crippen LogP contribution in [0.2, 0.25) is 0 Å². The molecule has 0 bridgehead atoms. The zero-order valence-corrected chi connectivity index (χ0v) is 14.3. The monoisotopic (exact) mass is 334 g/mol. The summed E-state index contributed by atoms with van der Waals surface area (Å²) in [7, 11) is 2.16. The zero-order chi connectivity index (χ0) is 16.7. The number of aliphatic hydroxyl groups is 1. The molecule has 0 unspecified atom stereocenters.